The Morgan fingerprint density at radius 2 is 1.59 bits per heavy atom. The third-order valence-electron chi connectivity index (χ3n) is 3.75. The van der Waals surface area contributed by atoms with E-state index in [1.54, 1.807) is 5.30 Å². The highest BCUT2D eigenvalue weighted by Gasteiger charge is 2.14. The van der Waals surface area contributed by atoms with Gasteiger partial charge in [-0.25, -0.2) is 0 Å². The molecule has 1 heteroatoms. The van der Waals surface area contributed by atoms with E-state index in [9.17, 15) is 0 Å². The van der Waals surface area contributed by atoms with Crippen LogP contribution >= 0.6 is 8.58 Å². The molecule has 2 aromatic carbocycles. The summed E-state index contributed by atoms with van der Waals surface area (Å²) in [6.45, 7) is 0. The number of fused-ring (bicyclic) bond motifs is 1. The maximum Gasteiger partial charge on any atom is -0.0110 e. The first-order valence-corrected chi connectivity index (χ1v) is 7.75. The standard InChI is InChI=1S/C16H19P/c1-2-9-14(10-3-1)17-16-12-6-8-13-7-4-5-11-15(13)16/h4-8,11-12,14,17H,1-3,9-10H2. The Labute approximate surface area is 105 Å². The fourth-order valence-electron chi connectivity index (χ4n) is 2.82. The van der Waals surface area contributed by atoms with Crippen LogP contribution in [0.4, 0.5) is 0 Å². The van der Waals surface area contributed by atoms with Gasteiger partial charge in [-0.1, -0.05) is 70.3 Å². The Hall–Kier alpha value is -0.870. The lowest BCUT2D eigenvalue weighted by Gasteiger charge is -2.22. The second-order valence-corrected chi connectivity index (χ2v) is 6.65. The zero-order valence-corrected chi connectivity index (χ0v) is 11.2. The lowest BCUT2D eigenvalue weighted by Crippen LogP contribution is -2.11. The molecule has 0 aromatic heterocycles. The maximum absolute atomic E-state index is 2.33. The number of hydrogen-bond donors (Lipinski definition) is 0. The Morgan fingerprint density at radius 1 is 0.824 bits per heavy atom. The van der Waals surface area contributed by atoms with Gasteiger partial charge in [-0.3, -0.25) is 0 Å². The van der Waals surface area contributed by atoms with E-state index in [0.717, 1.165) is 14.2 Å². The fourth-order valence-corrected chi connectivity index (χ4v) is 4.53. The van der Waals surface area contributed by atoms with E-state index in [1.165, 1.54) is 42.9 Å². The van der Waals surface area contributed by atoms with Crippen molar-refractivity contribution in [2.24, 2.45) is 0 Å². The summed E-state index contributed by atoms with van der Waals surface area (Å²) in [6, 6.07) is 15.6. The molecule has 1 aliphatic carbocycles. The molecule has 0 spiro atoms. The number of benzene rings is 2. The maximum atomic E-state index is 2.33. The van der Waals surface area contributed by atoms with E-state index in [2.05, 4.69) is 42.5 Å². The highest BCUT2D eigenvalue weighted by Crippen LogP contribution is 2.33. The normalized spacial score (nSPS) is 18.1. The van der Waals surface area contributed by atoms with Crippen LogP contribution in [0.15, 0.2) is 42.5 Å². The van der Waals surface area contributed by atoms with Gasteiger partial charge in [0.05, 0.1) is 0 Å². The van der Waals surface area contributed by atoms with Gasteiger partial charge in [0.2, 0.25) is 0 Å². The van der Waals surface area contributed by atoms with Crippen molar-refractivity contribution in [3.63, 3.8) is 0 Å². The van der Waals surface area contributed by atoms with Crippen molar-refractivity contribution in [3.05, 3.63) is 42.5 Å². The molecule has 0 bridgehead atoms. The van der Waals surface area contributed by atoms with Gasteiger partial charge in [-0.05, 0) is 34.6 Å². The summed E-state index contributed by atoms with van der Waals surface area (Å²) in [4.78, 5) is 0. The molecule has 0 radical (unpaired) electrons. The molecule has 0 aliphatic heterocycles. The fraction of sp³-hybridized carbons (Fsp3) is 0.375. The van der Waals surface area contributed by atoms with Crippen molar-refractivity contribution in [2.45, 2.75) is 37.8 Å². The summed E-state index contributed by atoms with van der Waals surface area (Å²) in [5.41, 5.74) is 0.953. The van der Waals surface area contributed by atoms with Crippen LogP contribution in [0.25, 0.3) is 10.8 Å². The molecule has 1 saturated carbocycles. The van der Waals surface area contributed by atoms with Crippen LogP contribution in [0.3, 0.4) is 0 Å². The summed E-state index contributed by atoms with van der Waals surface area (Å²) in [5.74, 6) is 0. The van der Waals surface area contributed by atoms with Gasteiger partial charge in [0.1, 0.15) is 0 Å². The molecular formula is C16H19P. The van der Waals surface area contributed by atoms with Crippen LogP contribution in [0.5, 0.6) is 0 Å². The predicted octanol–water partition coefficient (Wildman–Crippen LogP) is 4.48. The van der Waals surface area contributed by atoms with Crippen molar-refractivity contribution in [1.82, 2.24) is 0 Å². The summed E-state index contributed by atoms with van der Waals surface area (Å²) in [5, 5.41) is 4.45. The van der Waals surface area contributed by atoms with Gasteiger partial charge in [0.25, 0.3) is 0 Å². The van der Waals surface area contributed by atoms with E-state index in [-0.39, 0.29) is 0 Å². The topological polar surface area (TPSA) is 0 Å². The summed E-state index contributed by atoms with van der Waals surface area (Å²) >= 11 is 0. The first-order valence-electron chi connectivity index (χ1n) is 6.68. The van der Waals surface area contributed by atoms with Gasteiger partial charge < -0.3 is 0 Å². The molecule has 0 N–H and O–H groups in total. The summed E-state index contributed by atoms with van der Waals surface area (Å²) in [7, 11) is 1.01. The summed E-state index contributed by atoms with van der Waals surface area (Å²) < 4.78 is 0. The predicted molar refractivity (Wildman–Crippen MR) is 78.8 cm³/mol. The van der Waals surface area contributed by atoms with E-state index in [4.69, 9.17) is 0 Å². The third-order valence-corrected chi connectivity index (χ3v) is 5.49. The number of hydrogen-bond acceptors (Lipinski definition) is 0. The van der Waals surface area contributed by atoms with Gasteiger partial charge in [0.15, 0.2) is 0 Å². The molecule has 88 valence electrons. The summed E-state index contributed by atoms with van der Waals surface area (Å²) in [6.07, 6.45) is 7.24. The van der Waals surface area contributed by atoms with Crippen LogP contribution in [-0.4, -0.2) is 5.66 Å². The Balaban J connectivity index is 1.89. The van der Waals surface area contributed by atoms with Crippen molar-refractivity contribution < 1.29 is 0 Å². The quantitative estimate of drug-likeness (QED) is 0.681. The highest BCUT2D eigenvalue weighted by atomic mass is 31.1. The van der Waals surface area contributed by atoms with Crippen LogP contribution < -0.4 is 5.30 Å². The average Bonchev–Trinajstić information content (AvgIpc) is 2.40. The average molecular weight is 242 g/mol. The van der Waals surface area contributed by atoms with Crippen molar-refractivity contribution >= 4 is 24.7 Å². The van der Waals surface area contributed by atoms with Crippen LogP contribution in [0, 0.1) is 0 Å². The van der Waals surface area contributed by atoms with Crippen molar-refractivity contribution in [2.75, 3.05) is 0 Å². The van der Waals surface area contributed by atoms with Crippen LogP contribution in [-0.2, 0) is 0 Å². The van der Waals surface area contributed by atoms with Crippen molar-refractivity contribution in [1.29, 1.82) is 0 Å². The molecule has 0 heterocycles. The molecular weight excluding hydrogens is 223 g/mol. The minimum Gasteiger partial charge on any atom is -0.0865 e. The van der Waals surface area contributed by atoms with E-state index in [1.807, 2.05) is 0 Å². The monoisotopic (exact) mass is 242 g/mol. The van der Waals surface area contributed by atoms with E-state index < -0.39 is 0 Å². The first-order chi connectivity index (χ1) is 8.43. The molecule has 2 aromatic rings. The molecule has 0 saturated heterocycles. The Bertz CT molecular complexity index is 492. The molecule has 1 unspecified atom stereocenters. The van der Waals surface area contributed by atoms with Gasteiger partial charge in [-0.2, -0.15) is 0 Å². The zero-order valence-electron chi connectivity index (χ0n) is 10.2. The molecule has 17 heavy (non-hydrogen) atoms. The van der Waals surface area contributed by atoms with Crippen LogP contribution in [0.1, 0.15) is 32.1 Å². The second kappa shape index (κ2) is 5.19. The van der Waals surface area contributed by atoms with Crippen LogP contribution in [0.2, 0.25) is 0 Å². The largest absolute Gasteiger partial charge is 0.0865 e. The SMILES string of the molecule is c1ccc2c(PC3CCCCC3)cccc2c1. The lowest BCUT2D eigenvalue weighted by atomic mass is 10.0. The first kappa shape index (κ1) is 11.2. The van der Waals surface area contributed by atoms with Crippen molar-refractivity contribution in [3.8, 4) is 0 Å². The highest BCUT2D eigenvalue weighted by molar-refractivity contribution is 7.48. The smallest absolute Gasteiger partial charge is 0.0110 e. The molecule has 1 aliphatic rings. The van der Waals surface area contributed by atoms with Gasteiger partial charge >= 0.3 is 0 Å². The molecule has 1 fully saturated rings. The van der Waals surface area contributed by atoms with Gasteiger partial charge in [-0.15, -0.1) is 0 Å². The molecule has 3 rings (SSSR count). The lowest BCUT2D eigenvalue weighted by molar-refractivity contribution is 0.514. The zero-order chi connectivity index (χ0) is 11.5. The molecule has 1 atom stereocenters. The molecule has 0 nitrogen and oxygen atoms in total. The van der Waals surface area contributed by atoms with E-state index >= 15 is 0 Å². The third kappa shape index (κ3) is 2.53. The minimum absolute atomic E-state index is 0.953. The minimum atomic E-state index is 0.953. The molecule has 0 amide bonds. The second-order valence-electron chi connectivity index (χ2n) is 5.01. The van der Waals surface area contributed by atoms with Gasteiger partial charge in [0, 0.05) is 0 Å². The number of rotatable bonds is 2. The Kier molecular flexibility index (Phi) is 3.43. The Morgan fingerprint density at radius 3 is 2.47 bits per heavy atom. The van der Waals surface area contributed by atoms with E-state index in [0.29, 0.717) is 0 Å².